The summed E-state index contributed by atoms with van der Waals surface area (Å²) in [5.74, 6) is 0. The molecule has 0 spiro atoms. The van der Waals surface area contributed by atoms with Crippen molar-refractivity contribution in [2.75, 3.05) is 6.54 Å². The third kappa shape index (κ3) is 1.95. The van der Waals surface area contributed by atoms with E-state index >= 15 is 0 Å². The molecule has 0 saturated carbocycles. The molecule has 0 saturated heterocycles. The van der Waals surface area contributed by atoms with Gasteiger partial charge in [0.2, 0.25) is 0 Å². The normalized spacial score (nSPS) is 20.1. The number of fused-ring (bicyclic) bond motifs is 1. The van der Waals surface area contributed by atoms with Gasteiger partial charge >= 0.3 is 0 Å². The fraction of sp³-hybridized carbons (Fsp3) is 0.400. The Morgan fingerprint density at radius 2 is 2.44 bits per heavy atom. The lowest BCUT2D eigenvalue weighted by Gasteiger charge is -2.25. The molecule has 2 aromatic heterocycles. The van der Waals surface area contributed by atoms with E-state index in [4.69, 9.17) is 0 Å². The second-order valence-electron chi connectivity index (χ2n) is 4.80. The molecule has 0 amide bonds. The van der Waals surface area contributed by atoms with E-state index in [2.05, 4.69) is 40.5 Å². The van der Waals surface area contributed by atoms with Crippen LogP contribution >= 0.6 is 0 Å². The molecule has 0 radical (unpaired) electrons. The molecule has 94 valence electrons. The molecule has 0 aromatic carbocycles. The van der Waals surface area contributed by atoms with Crippen LogP contribution in [0.1, 0.15) is 31.7 Å². The maximum Gasteiger partial charge on any atom is 0.137 e. The highest BCUT2D eigenvalue weighted by Crippen LogP contribution is 2.31. The molecule has 3 heteroatoms. The Balaban J connectivity index is 2.04. The summed E-state index contributed by atoms with van der Waals surface area (Å²) in [5, 5.41) is 4.82. The molecule has 0 aliphatic heterocycles. The fourth-order valence-corrected chi connectivity index (χ4v) is 2.83. The van der Waals surface area contributed by atoms with Crippen LogP contribution in [0.4, 0.5) is 0 Å². The average molecular weight is 241 g/mol. The molecule has 2 N–H and O–H groups in total. The van der Waals surface area contributed by atoms with Crippen LogP contribution in [0.2, 0.25) is 0 Å². The van der Waals surface area contributed by atoms with E-state index in [9.17, 15) is 0 Å². The van der Waals surface area contributed by atoms with E-state index in [-0.39, 0.29) is 0 Å². The van der Waals surface area contributed by atoms with Gasteiger partial charge in [0.25, 0.3) is 0 Å². The lowest BCUT2D eigenvalue weighted by atomic mass is 9.89. The van der Waals surface area contributed by atoms with Crippen LogP contribution in [0.25, 0.3) is 16.6 Å². The minimum absolute atomic E-state index is 0.489. The summed E-state index contributed by atoms with van der Waals surface area (Å²) in [6, 6.07) is 4.64. The van der Waals surface area contributed by atoms with E-state index in [0.717, 1.165) is 12.2 Å². The third-order valence-electron chi connectivity index (χ3n) is 3.65. The van der Waals surface area contributed by atoms with Crippen LogP contribution in [-0.2, 0) is 0 Å². The monoisotopic (exact) mass is 241 g/mol. The molecule has 0 unspecified atom stereocenters. The van der Waals surface area contributed by atoms with Gasteiger partial charge in [-0.05, 0) is 43.5 Å². The van der Waals surface area contributed by atoms with E-state index in [1.54, 1.807) is 0 Å². The van der Waals surface area contributed by atoms with Crippen LogP contribution in [0.15, 0.2) is 30.6 Å². The second kappa shape index (κ2) is 4.94. The number of H-pyrrole nitrogens is 1. The van der Waals surface area contributed by atoms with Crippen molar-refractivity contribution in [1.29, 1.82) is 0 Å². The highest BCUT2D eigenvalue weighted by molar-refractivity contribution is 5.91. The Morgan fingerprint density at radius 1 is 1.50 bits per heavy atom. The van der Waals surface area contributed by atoms with Crippen molar-refractivity contribution in [3.05, 3.63) is 36.2 Å². The van der Waals surface area contributed by atoms with Gasteiger partial charge in [-0.25, -0.2) is 4.98 Å². The number of likely N-dealkylation sites (N-methyl/N-ethyl adjacent to an activating group) is 1. The molecule has 3 nitrogen and oxygen atoms in total. The van der Waals surface area contributed by atoms with Gasteiger partial charge in [0.05, 0.1) is 0 Å². The number of nitrogens with one attached hydrogen (secondary N) is 2. The first-order chi connectivity index (χ1) is 8.90. The summed E-state index contributed by atoms with van der Waals surface area (Å²) in [4.78, 5) is 7.63. The topological polar surface area (TPSA) is 40.7 Å². The predicted octanol–water partition coefficient (Wildman–Crippen LogP) is 3.11. The number of aromatic amines is 1. The van der Waals surface area contributed by atoms with E-state index in [1.165, 1.54) is 35.8 Å². The van der Waals surface area contributed by atoms with Crippen LogP contribution in [0.3, 0.4) is 0 Å². The van der Waals surface area contributed by atoms with Gasteiger partial charge in [-0.15, -0.1) is 0 Å². The van der Waals surface area contributed by atoms with Crippen molar-refractivity contribution < 1.29 is 0 Å². The van der Waals surface area contributed by atoms with Crippen LogP contribution in [0.5, 0.6) is 0 Å². The van der Waals surface area contributed by atoms with Crippen LogP contribution in [-0.4, -0.2) is 22.6 Å². The van der Waals surface area contributed by atoms with Gasteiger partial charge in [-0.1, -0.05) is 13.0 Å². The molecule has 3 rings (SSSR count). The standard InChI is InChI=1S/C15H19N3/c1-2-16-14-8-4-3-6-11(14)13-10-18-15-12(13)7-5-9-17-15/h5-7,9-10,14,16H,2-4,8H2,1H3,(H,17,18)/t14-/m0/s1. The summed E-state index contributed by atoms with van der Waals surface area (Å²) in [6.45, 7) is 3.19. The van der Waals surface area contributed by atoms with Crippen molar-refractivity contribution >= 4 is 16.6 Å². The Hall–Kier alpha value is -1.61. The highest BCUT2D eigenvalue weighted by atomic mass is 14.9. The zero-order valence-electron chi connectivity index (χ0n) is 10.7. The second-order valence-corrected chi connectivity index (χ2v) is 4.80. The largest absolute Gasteiger partial charge is 0.346 e. The number of pyridine rings is 1. The Morgan fingerprint density at radius 3 is 3.33 bits per heavy atom. The summed E-state index contributed by atoms with van der Waals surface area (Å²) >= 11 is 0. The first-order valence-corrected chi connectivity index (χ1v) is 6.76. The molecule has 18 heavy (non-hydrogen) atoms. The van der Waals surface area contributed by atoms with Gasteiger partial charge in [0.15, 0.2) is 0 Å². The van der Waals surface area contributed by atoms with Gasteiger partial charge < -0.3 is 10.3 Å². The smallest absolute Gasteiger partial charge is 0.137 e. The number of hydrogen-bond acceptors (Lipinski definition) is 2. The number of allylic oxidation sites excluding steroid dienone is 1. The van der Waals surface area contributed by atoms with Crippen LogP contribution in [0, 0.1) is 0 Å². The number of nitrogens with zero attached hydrogens (tertiary/aromatic N) is 1. The van der Waals surface area contributed by atoms with Gasteiger partial charge in [0, 0.05) is 29.4 Å². The minimum Gasteiger partial charge on any atom is -0.346 e. The highest BCUT2D eigenvalue weighted by Gasteiger charge is 2.20. The SMILES string of the molecule is CCN[C@H]1CCCC=C1c1c[nH]c2ncccc12. The van der Waals surface area contributed by atoms with Crippen molar-refractivity contribution in [2.45, 2.75) is 32.2 Å². The van der Waals surface area contributed by atoms with Gasteiger partial charge in [-0.2, -0.15) is 0 Å². The molecule has 2 heterocycles. The molecule has 1 aliphatic carbocycles. The summed E-state index contributed by atoms with van der Waals surface area (Å²) in [6.07, 6.45) is 10.0. The van der Waals surface area contributed by atoms with Gasteiger partial charge in [-0.3, -0.25) is 0 Å². The van der Waals surface area contributed by atoms with E-state index in [0.29, 0.717) is 6.04 Å². The van der Waals surface area contributed by atoms with Gasteiger partial charge in [0.1, 0.15) is 5.65 Å². The minimum atomic E-state index is 0.489. The Bertz CT molecular complexity index is 568. The van der Waals surface area contributed by atoms with E-state index < -0.39 is 0 Å². The number of hydrogen-bond donors (Lipinski definition) is 2. The van der Waals surface area contributed by atoms with Crippen molar-refractivity contribution in [1.82, 2.24) is 15.3 Å². The molecular weight excluding hydrogens is 222 g/mol. The lowest BCUT2D eigenvalue weighted by Crippen LogP contribution is -2.31. The Kier molecular flexibility index (Phi) is 3.15. The lowest BCUT2D eigenvalue weighted by molar-refractivity contribution is 0.551. The molecule has 1 atom stereocenters. The van der Waals surface area contributed by atoms with Crippen LogP contribution < -0.4 is 5.32 Å². The van der Waals surface area contributed by atoms with Crippen molar-refractivity contribution in [3.8, 4) is 0 Å². The first kappa shape index (κ1) is 11.5. The molecular formula is C15H19N3. The maximum atomic E-state index is 4.36. The molecule has 0 fully saturated rings. The number of aromatic nitrogens is 2. The average Bonchev–Trinajstić information content (AvgIpc) is 2.84. The maximum absolute atomic E-state index is 4.36. The predicted molar refractivity (Wildman–Crippen MR) is 75.4 cm³/mol. The molecule has 0 bridgehead atoms. The molecule has 2 aromatic rings. The van der Waals surface area contributed by atoms with Crippen molar-refractivity contribution in [2.24, 2.45) is 0 Å². The summed E-state index contributed by atoms with van der Waals surface area (Å²) < 4.78 is 0. The summed E-state index contributed by atoms with van der Waals surface area (Å²) in [5.41, 5.74) is 3.72. The Labute approximate surface area is 107 Å². The fourth-order valence-electron chi connectivity index (χ4n) is 2.83. The zero-order valence-corrected chi connectivity index (χ0v) is 10.7. The number of rotatable bonds is 3. The first-order valence-electron chi connectivity index (χ1n) is 6.76. The quantitative estimate of drug-likeness (QED) is 0.867. The summed E-state index contributed by atoms with van der Waals surface area (Å²) in [7, 11) is 0. The zero-order chi connectivity index (χ0) is 12.4. The van der Waals surface area contributed by atoms with E-state index in [1.807, 2.05) is 12.3 Å². The third-order valence-corrected chi connectivity index (χ3v) is 3.65. The van der Waals surface area contributed by atoms with Crippen molar-refractivity contribution in [3.63, 3.8) is 0 Å². The molecule has 1 aliphatic rings.